The molecular formula is C29H35N7O3. The second-order valence-electron chi connectivity index (χ2n) is 10.2. The van der Waals surface area contributed by atoms with Gasteiger partial charge < -0.3 is 30.1 Å². The van der Waals surface area contributed by atoms with Crippen LogP contribution in [0.4, 0.5) is 23.0 Å². The van der Waals surface area contributed by atoms with Crippen LogP contribution in [0.2, 0.25) is 0 Å². The Morgan fingerprint density at radius 3 is 2.36 bits per heavy atom. The van der Waals surface area contributed by atoms with Crippen molar-refractivity contribution in [2.75, 3.05) is 75.6 Å². The van der Waals surface area contributed by atoms with E-state index in [1.807, 2.05) is 66.4 Å². The quantitative estimate of drug-likeness (QED) is 0.459. The van der Waals surface area contributed by atoms with Gasteiger partial charge in [-0.1, -0.05) is 12.1 Å². The number of likely N-dealkylation sites (N-methyl/N-ethyl adjacent to an activating group) is 1. The number of nitrogens with one attached hydrogen (secondary N) is 2. The van der Waals surface area contributed by atoms with Crippen molar-refractivity contribution in [1.29, 1.82) is 0 Å². The molecule has 0 aliphatic carbocycles. The van der Waals surface area contributed by atoms with Crippen LogP contribution in [0.1, 0.15) is 6.42 Å². The predicted octanol–water partition coefficient (Wildman–Crippen LogP) is 3.07. The lowest BCUT2D eigenvalue weighted by Crippen LogP contribution is -2.50. The fraction of sp³-hybridized carbons (Fsp3) is 0.379. The number of rotatable bonds is 8. The third-order valence-corrected chi connectivity index (χ3v) is 6.98. The minimum atomic E-state index is -0.0804. The highest BCUT2D eigenvalue weighted by molar-refractivity contribution is 5.93. The summed E-state index contributed by atoms with van der Waals surface area (Å²) < 4.78 is 5.30. The Kier molecular flexibility index (Phi) is 8.33. The van der Waals surface area contributed by atoms with Gasteiger partial charge in [-0.2, -0.15) is 0 Å². The van der Waals surface area contributed by atoms with Crippen molar-refractivity contribution >= 4 is 34.8 Å². The molecule has 3 aromatic rings. The second kappa shape index (κ2) is 12.2. The van der Waals surface area contributed by atoms with Gasteiger partial charge in [0.1, 0.15) is 0 Å². The van der Waals surface area contributed by atoms with Gasteiger partial charge in [-0.3, -0.25) is 9.59 Å². The van der Waals surface area contributed by atoms with E-state index in [2.05, 4.69) is 37.6 Å². The van der Waals surface area contributed by atoms with Crippen LogP contribution in [0.25, 0.3) is 11.3 Å². The Hall–Kier alpha value is -4.02. The SMILES string of the molecule is CN(C)CC(=O)N1CCN(c2ccc(Nc3nccc(-c4ccc(NC(=O)C5CCOC5)cc4)n3)cc2)CC1. The highest BCUT2D eigenvalue weighted by Crippen LogP contribution is 2.24. The molecule has 2 saturated heterocycles. The first-order valence-corrected chi connectivity index (χ1v) is 13.3. The molecule has 0 bridgehead atoms. The largest absolute Gasteiger partial charge is 0.381 e. The van der Waals surface area contributed by atoms with E-state index in [0.717, 1.165) is 60.9 Å². The number of carbonyl (C=O) groups excluding carboxylic acids is 2. The number of piperazine rings is 1. The summed E-state index contributed by atoms with van der Waals surface area (Å²) in [5.74, 6) is 0.603. The number of benzene rings is 2. The number of ether oxygens (including phenoxy) is 1. The Balaban J connectivity index is 1.16. The smallest absolute Gasteiger partial charge is 0.236 e. The first-order chi connectivity index (χ1) is 18.9. The molecule has 2 aromatic carbocycles. The number of anilines is 4. The molecule has 2 fully saturated rings. The van der Waals surface area contributed by atoms with Crippen LogP contribution in [0.3, 0.4) is 0 Å². The van der Waals surface area contributed by atoms with Gasteiger partial charge in [0.15, 0.2) is 0 Å². The summed E-state index contributed by atoms with van der Waals surface area (Å²) >= 11 is 0. The molecule has 1 unspecified atom stereocenters. The summed E-state index contributed by atoms with van der Waals surface area (Å²) in [5, 5.41) is 6.25. The molecule has 2 aliphatic heterocycles. The minimum Gasteiger partial charge on any atom is -0.381 e. The van der Waals surface area contributed by atoms with E-state index >= 15 is 0 Å². The molecule has 10 nitrogen and oxygen atoms in total. The number of aromatic nitrogens is 2. The normalized spacial score (nSPS) is 17.4. The Bertz CT molecular complexity index is 1270. The van der Waals surface area contributed by atoms with Crippen molar-refractivity contribution < 1.29 is 14.3 Å². The molecule has 0 spiro atoms. The van der Waals surface area contributed by atoms with Gasteiger partial charge in [0.25, 0.3) is 0 Å². The lowest BCUT2D eigenvalue weighted by Gasteiger charge is -2.36. The number of hydrogen-bond acceptors (Lipinski definition) is 8. The summed E-state index contributed by atoms with van der Waals surface area (Å²) in [6, 6.07) is 17.7. The van der Waals surface area contributed by atoms with E-state index < -0.39 is 0 Å². The molecule has 2 aliphatic rings. The van der Waals surface area contributed by atoms with Crippen molar-refractivity contribution in [1.82, 2.24) is 19.8 Å². The van der Waals surface area contributed by atoms with Crippen molar-refractivity contribution in [2.45, 2.75) is 6.42 Å². The van der Waals surface area contributed by atoms with Crippen molar-refractivity contribution in [3.8, 4) is 11.3 Å². The average molecular weight is 530 g/mol. The minimum absolute atomic E-state index is 0.00263. The van der Waals surface area contributed by atoms with Gasteiger partial charge in [-0.15, -0.1) is 0 Å². The lowest BCUT2D eigenvalue weighted by atomic mass is 10.1. The fourth-order valence-electron chi connectivity index (χ4n) is 4.76. The Morgan fingerprint density at radius 1 is 0.974 bits per heavy atom. The van der Waals surface area contributed by atoms with E-state index in [1.54, 1.807) is 6.20 Å². The number of amides is 2. The zero-order valence-corrected chi connectivity index (χ0v) is 22.5. The van der Waals surface area contributed by atoms with E-state index in [0.29, 0.717) is 25.7 Å². The molecule has 2 N–H and O–H groups in total. The van der Waals surface area contributed by atoms with Gasteiger partial charge >= 0.3 is 0 Å². The van der Waals surface area contributed by atoms with Crippen molar-refractivity contribution in [3.63, 3.8) is 0 Å². The molecule has 0 saturated carbocycles. The van der Waals surface area contributed by atoms with Crippen LogP contribution in [0.15, 0.2) is 60.8 Å². The molecule has 3 heterocycles. The zero-order valence-electron chi connectivity index (χ0n) is 22.5. The van der Waals surface area contributed by atoms with E-state index in [4.69, 9.17) is 4.74 Å². The van der Waals surface area contributed by atoms with Gasteiger partial charge in [0.2, 0.25) is 17.8 Å². The Labute approximate surface area is 229 Å². The molecular weight excluding hydrogens is 494 g/mol. The van der Waals surface area contributed by atoms with Crippen molar-refractivity contribution in [2.24, 2.45) is 5.92 Å². The number of nitrogens with zero attached hydrogens (tertiary/aromatic N) is 5. The van der Waals surface area contributed by atoms with Gasteiger partial charge in [0, 0.05) is 61.6 Å². The Morgan fingerprint density at radius 2 is 1.69 bits per heavy atom. The maximum Gasteiger partial charge on any atom is 0.236 e. The van der Waals surface area contributed by atoms with Gasteiger partial charge in [-0.25, -0.2) is 9.97 Å². The highest BCUT2D eigenvalue weighted by atomic mass is 16.5. The van der Waals surface area contributed by atoms with Gasteiger partial charge in [-0.05, 0) is 63.0 Å². The van der Waals surface area contributed by atoms with Crippen molar-refractivity contribution in [3.05, 3.63) is 60.8 Å². The highest BCUT2D eigenvalue weighted by Gasteiger charge is 2.24. The summed E-state index contributed by atoms with van der Waals surface area (Å²) in [4.78, 5) is 39.8. The third-order valence-electron chi connectivity index (χ3n) is 6.98. The average Bonchev–Trinajstić information content (AvgIpc) is 3.49. The predicted molar refractivity (Wildman–Crippen MR) is 152 cm³/mol. The molecule has 204 valence electrons. The maximum absolute atomic E-state index is 12.3. The molecule has 0 radical (unpaired) electrons. The summed E-state index contributed by atoms with van der Waals surface area (Å²) in [6.45, 7) is 4.67. The zero-order chi connectivity index (χ0) is 27.2. The van der Waals surface area contributed by atoms with E-state index in [9.17, 15) is 9.59 Å². The number of hydrogen-bond donors (Lipinski definition) is 2. The molecule has 5 rings (SSSR count). The summed E-state index contributed by atoms with van der Waals surface area (Å²) in [6.07, 6.45) is 2.49. The number of carbonyl (C=O) groups is 2. The fourth-order valence-corrected chi connectivity index (χ4v) is 4.76. The van der Waals surface area contributed by atoms with E-state index in [1.165, 1.54) is 0 Å². The van der Waals surface area contributed by atoms with Crippen LogP contribution in [0, 0.1) is 5.92 Å². The third kappa shape index (κ3) is 6.90. The standard InChI is InChI=1S/C29H35N7O3/c1-34(2)19-27(37)36-16-14-35(15-17-36)25-9-7-24(8-10-25)32-29-30-13-11-26(33-29)21-3-5-23(6-4-21)31-28(38)22-12-18-39-20-22/h3-11,13,22H,12,14-20H2,1-2H3,(H,31,38)(H,30,32,33). The molecule has 39 heavy (non-hydrogen) atoms. The van der Waals surface area contributed by atoms with Crippen LogP contribution < -0.4 is 15.5 Å². The molecule has 2 amide bonds. The van der Waals surface area contributed by atoms with E-state index in [-0.39, 0.29) is 17.7 Å². The molecule has 1 atom stereocenters. The monoisotopic (exact) mass is 529 g/mol. The van der Waals surface area contributed by atoms with Crippen LogP contribution in [-0.4, -0.2) is 91.6 Å². The maximum atomic E-state index is 12.3. The first kappa shape index (κ1) is 26.6. The lowest BCUT2D eigenvalue weighted by molar-refractivity contribution is -0.132. The second-order valence-corrected chi connectivity index (χ2v) is 10.2. The summed E-state index contributed by atoms with van der Waals surface area (Å²) in [7, 11) is 3.83. The van der Waals surface area contributed by atoms with Crippen LogP contribution in [0.5, 0.6) is 0 Å². The topological polar surface area (TPSA) is 103 Å². The van der Waals surface area contributed by atoms with Crippen LogP contribution in [-0.2, 0) is 14.3 Å². The summed E-state index contributed by atoms with van der Waals surface area (Å²) in [5.41, 5.74) is 4.49. The first-order valence-electron chi connectivity index (χ1n) is 13.3. The molecule has 1 aromatic heterocycles. The van der Waals surface area contributed by atoms with Gasteiger partial charge in [0.05, 0.1) is 24.8 Å². The molecule has 10 heteroatoms. The van der Waals surface area contributed by atoms with Crippen LogP contribution >= 0.6 is 0 Å².